The largest absolute Gasteiger partial charge is 0.491 e. The summed E-state index contributed by atoms with van der Waals surface area (Å²) >= 11 is 5.66. The highest BCUT2D eigenvalue weighted by atomic mass is 35.5. The number of carbonyl (C=O) groups is 1. The van der Waals surface area contributed by atoms with Crippen LogP contribution in [0.2, 0.25) is 5.02 Å². The molecule has 0 bridgehead atoms. The molecule has 1 heterocycles. The maximum absolute atomic E-state index is 12.3. The second-order valence-electron chi connectivity index (χ2n) is 5.19. The zero-order chi connectivity index (χ0) is 19.3. The molecule has 138 valence electrons. The molecule has 0 spiro atoms. The third-order valence-corrected chi connectivity index (χ3v) is 3.63. The Bertz CT molecular complexity index is 824. The molecule has 0 aliphatic carbocycles. The van der Waals surface area contributed by atoms with Crippen molar-refractivity contribution >= 4 is 23.5 Å². The Labute approximate surface area is 151 Å². The first-order valence-electron chi connectivity index (χ1n) is 7.33. The van der Waals surface area contributed by atoms with Crippen LogP contribution in [0.25, 0.3) is 0 Å². The number of amidine groups is 1. The highest BCUT2D eigenvalue weighted by molar-refractivity contribution is 6.32. The summed E-state index contributed by atoms with van der Waals surface area (Å²) in [6.07, 6.45) is -5.14. The second kappa shape index (κ2) is 8.09. The fourth-order valence-corrected chi connectivity index (χ4v) is 2.49. The number of carboxylic acid groups (broad SMARTS) is 1. The number of hydrogen-bond donors (Lipinski definition) is 2. The number of aliphatic imine (C=N–C) groups is 1. The predicted octanol–water partition coefficient (Wildman–Crippen LogP) is 4.36. The lowest BCUT2D eigenvalue weighted by atomic mass is 10.1. The van der Waals surface area contributed by atoms with Crippen LogP contribution in [0, 0.1) is 0 Å². The lowest BCUT2D eigenvalue weighted by molar-refractivity contribution is -0.137. The van der Waals surface area contributed by atoms with Crippen molar-refractivity contribution in [3.8, 4) is 5.75 Å². The van der Waals surface area contributed by atoms with Crippen LogP contribution in [0.5, 0.6) is 5.75 Å². The average Bonchev–Trinajstić information content (AvgIpc) is 3.04. The Kier molecular flexibility index (Phi) is 6.10. The van der Waals surface area contributed by atoms with Gasteiger partial charge in [-0.15, -0.1) is 0 Å². The van der Waals surface area contributed by atoms with Crippen molar-refractivity contribution in [2.45, 2.75) is 12.6 Å². The van der Waals surface area contributed by atoms with E-state index in [1.807, 2.05) is 6.07 Å². The highest BCUT2D eigenvalue weighted by Gasteiger charge is 2.33. The minimum atomic E-state index is -4.35. The minimum Gasteiger partial charge on any atom is -0.491 e. The van der Waals surface area contributed by atoms with Gasteiger partial charge in [0.25, 0.3) is 0 Å². The van der Waals surface area contributed by atoms with Crippen LogP contribution in [0.1, 0.15) is 16.7 Å². The first-order chi connectivity index (χ1) is 12.2. The van der Waals surface area contributed by atoms with E-state index in [1.54, 1.807) is 24.3 Å². The van der Waals surface area contributed by atoms with Gasteiger partial charge in [0.2, 0.25) is 0 Å². The minimum absolute atomic E-state index is 0.0168. The molecule has 2 aromatic carbocycles. The maximum atomic E-state index is 12.3. The molecule has 0 aromatic heterocycles. The molecule has 0 atom stereocenters. The van der Waals surface area contributed by atoms with Crippen molar-refractivity contribution in [2.75, 3.05) is 6.61 Å². The van der Waals surface area contributed by atoms with Crippen LogP contribution in [0.3, 0.4) is 0 Å². The number of nitrogens with zero attached hydrogens (tertiary/aromatic N) is 1. The molecule has 0 fully saturated rings. The standard InChI is InChI=1S/C9H6ClF3O.C8H8N2O2/c10-7-4-6(9(11,12)13)3-5-1-2-14-8(5)7;9-7(10-8(11)12)6-4-2-1-3-5-6/h3-4H,1-2H2;1-5H,(H2,9,10)(H,11,12). The molecule has 2 aromatic rings. The number of alkyl halides is 3. The third-order valence-electron chi connectivity index (χ3n) is 3.35. The van der Waals surface area contributed by atoms with Gasteiger partial charge in [-0.05, 0) is 17.7 Å². The molecular formula is C17H14ClF3N2O3. The number of ether oxygens (including phenoxy) is 1. The number of halogens is 4. The van der Waals surface area contributed by atoms with Gasteiger partial charge in [-0.1, -0.05) is 41.9 Å². The molecule has 1 aliphatic rings. The van der Waals surface area contributed by atoms with Crippen molar-refractivity contribution in [1.82, 2.24) is 0 Å². The van der Waals surface area contributed by atoms with E-state index >= 15 is 0 Å². The zero-order valence-electron chi connectivity index (χ0n) is 13.3. The predicted molar refractivity (Wildman–Crippen MR) is 90.8 cm³/mol. The van der Waals surface area contributed by atoms with Gasteiger partial charge in [-0.2, -0.15) is 18.2 Å². The molecule has 0 saturated carbocycles. The molecule has 5 nitrogen and oxygen atoms in total. The number of rotatable bonds is 1. The van der Waals surface area contributed by atoms with E-state index in [1.165, 1.54) is 0 Å². The molecular weight excluding hydrogens is 373 g/mol. The Morgan fingerprint density at radius 3 is 2.46 bits per heavy atom. The molecule has 1 amide bonds. The smallest absolute Gasteiger partial charge is 0.433 e. The molecule has 26 heavy (non-hydrogen) atoms. The van der Waals surface area contributed by atoms with E-state index in [9.17, 15) is 18.0 Å². The van der Waals surface area contributed by atoms with Crippen molar-refractivity contribution in [2.24, 2.45) is 10.7 Å². The van der Waals surface area contributed by atoms with Gasteiger partial charge in [-0.3, -0.25) is 0 Å². The monoisotopic (exact) mass is 386 g/mol. The lowest BCUT2D eigenvalue weighted by Crippen LogP contribution is -2.14. The first-order valence-corrected chi connectivity index (χ1v) is 7.71. The third kappa shape index (κ3) is 5.13. The van der Waals surface area contributed by atoms with E-state index in [0.717, 1.165) is 12.1 Å². The number of hydrogen-bond acceptors (Lipinski definition) is 2. The summed E-state index contributed by atoms with van der Waals surface area (Å²) in [4.78, 5) is 13.3. The summed E-state index contributed by atoms with van der Waals surface area (Å²) in [7, 11) is 0. The quantitative estimate of drug-likeness (QED) is 0.563. The van der Waals surface area contributed by atoms with Crippen LogP contribution in [0.15, 0.2) is 47.5 Å². The average molecular weight is 387 g/mol. The van der Waals surface area contributed by atoms with E-state index in [0.29, 0.717) is 29.9 Å². The van der Waals surface area contributed by atoms with Crippen molar-refractivity contribution in [3.05, 3.63) is 64.2 Å². The molecule has 0 unspecified atom stereocenters. The summed E-state index contributed by atoms with van der Waals surface area (Å²) in [6, 6.07) is 10.7. The Morgan fingerprint density at radius 1 is 1.23 bits per heavy atom. The molecule has 1 aliphatic heterocycles. The molecule has 3 N–H and O–H groups in total. The fourth-order valence-electron chi connectivity index (χ4n) is 2.20. The van der Waals surface area contributed by atoms with E-state index < -0.39 is 17.8 Å². The van der Waals surface area contributed by atoms with Crippen molar-refractivity contribution in [1.29, 1.82) is 0 Å². The van der Waals surface area contributed by atoms with Crippen LogP contribution < -0.4 is 10.5 Å². The van der Waals surface area contributed by atoms with E-state index in [4.69, 9.17) is 27.2 Å². The molecule has 3 rings (SSSR count). The Balaban J connectivity index is 0.000000190. The number of benzene rings is 2. The highest BCUT2D eigenvalue weighted by Crippen LogP contribution is 2.39. The summed E-state index contributed by atoms with van der Waals surface area (Å²) in [5.74, 6) is 0.405. The van der Waals surface area contributed by atoms with E-state index in [-0.39, 0.29) is 10.9 Å². The molecule has 0 radical (unpaired) electrons. The van der Waals surface area contributed by atoms with E-state index in [2.05, 4.69) is 4.99 Å². The van der Waals surface area contributed by atoms with Gasteiger partial charge < -0.3 is 15.6 Å². The maximum Gasteiger partial charge on any atom is 0.433 e. The van der Waals surface area contributed by atoms with Crippen molar-refractivity contribution < 1.29 is 27.8 Å². The second-order valence-corrected chi connectivity index (χ2v) is 5.60. The summed E-state index contributed by atoms with van der Waals surface area (Å²) < 4.78 is 42.1. The van der Waals surface area contributed by atoms with Gasteiger partial charge in [0.15, 0.2) is 0 Å². The lowest BCUT2D eigenvalue weighted by Gasteiger charge is -2.09. The summed E-state index contributed by atoms with van der Waals surface area (Å²) in [5, 5.41) is 8.31. The van der Waals surface area contributed by atoms with Gasteiger partial charge >= 0.3 is 12.3 Å². The van der Waals surface area contributed by atoms with Crippen LogP contribution in [-0.4, -0.2) is 23.6 Å². The van der Waals surface area contributed by atoms with Gasteiger partial charge in [-0.25, -0.2) is 4.79 Å². The van der Waals surface area contributed by atoms with Crippen LogP contribution >= 0.6 is 11.6 Å². The summed E-state index contributed by atoms with van der Waals surface area (Å²) in [6.45, 7) is 0.399. The SMILES string of the molecule is FC(F)(F)c1cc(Cl)c2c(c1)CCO2.N/C(=N\C(=O)O)c1ccccc1. The first kappa shape index (κ1) is 19.6. The Morgan fingerprint density at radius 2 is 1.88 bits per heavy atom. The number of amides is 1. The van der Waals surface area contributed by atoms with Gasteiger partial charge in [0.1, 0.15) is 11.6 Å². The van der Waals surface area contributed by atoms with Gasteiger partial charge in [0, 0.05) is 12.0 Å². The topological polar surface area (TPSA) is 84.9 Å². The number of fused-ring (bicyclic) bond motifs is 1. The zero-order valence-corrected chi connectivity index (χ0v) is 14.0. The van der Waals surface area contributed by atoms with Crippen molar-refractivity contribution in [3.63, 3.8) is 0 Å². The summed E-state index contributed by atoms with van der Waals surface area (Å²) in [5.41, 5.74) is 5.79. The van der Waals surface area contributed by atoms with Crippen LogP contribution in [0.4, 0.5) is 18.0 Å². The Hall–Kier alpha value is -2.74. The molecule has 0 saturated heterocycles. The van der Waals surface area contributed by atoms with Crippen LogP contribution in [-0.2, 0) is 12.6 Å². The molecule has 9 heteroatoms. The number of nitrogens with two attached hydrogens (primary N) is 1. The normalized spacial score (nSPS) is 13.3. The fraction of sp³-hybridized carbons (Fsp3) is 0.176. The van der Waals surface area contributed by atoms with Gasteiger partial charge in [0.05, 0.1) is 17.2 Å².